The lowest BCUT2D eigenvalue weighted by atomic mass is 9.77. The highest BCUT2D eigenvalue weighted by molar-refractivity contribution is 5.66. The van der Waals surface area contributed by atoms with E-state index in [1.807, 2.05) is 18.2 Å². The number of carbonyl (C=O) groups is 1. The highest BCUT2D eigenvalue weighted by Crippen LogP contribution is 2.45. The minimum atomic E-state index is -0.750. The zero-order valence-electron chi connectivity index (χ0n) is 18.7. The van der Waals surface area contributed by atoms with Crippen LogP contribution in [0, 0.1) is 11.8 Å². The number of unbranched alkanes of at least 4 members (excludes halogenated alkanes) is 1. The second kappa shape index (κ2) is 11.5. The van der Waals surface area contributed by atoms with Crippen molar-refractivity contribution in [2.24, 2.45) is 11.8 Å². The van der Waals surface area contributed by atoms with Crippen LogP contribution in [0.2, 0.25) is 0 Å². The first-order valence-corrected chi connectivity index (χ1v) is 11.9. The normalized spacial score (nSPS) is 24.0. The number of ether oxygens (including phenoxy) is 3. The maximum absolute atomic E-state index is 10.6. The van der Waals surface area contributed by atoms with Gasteiger partial charge in [0.2, 0.25) is 0 Å². The number of rotatable bonds is 13. The summed E-state index contributed by atoms with van der Waals surface area (Å²) in [6.45, 7) is 1.98. The molecular formula is C27H34O5. The van der Waals surface area contributed by atoms with Crippen LogP contribution in [-0.4, -0.2) is 36.5 Å². The van der Waals surface area contributed by atoms with Crippen molar-refractivity contribution in [1.82, 2.24) is 0 Å². The number of aliphatic carboxylic acids is 1. The Balaban J connectivity index is 1.24. The van der Waals surface area contributed by atoms with E-state index < -0.39 is 5.97 Å². The summed E-state index contributed by atoms with van der Waals surface area (Å²) in [5, 5.41) is 8.72. The first kappa shape index (κ1) is 22.8. The predicted molar refractivity (Wildman–Crippen MR) is 123 cm³/mol. The maximum atomic E-state index is 10.6. The summed E-state index contributed by atoms with van der Waals surface area (Å²) in [4.78, 5) is 10.6. The Morgan fingerprint density at radius 1 is 0.969 bits per heavy atom. The number of hydrogen-bond donors (Lipinski definition) is 1. The maximum Gasteiger partial charge on any atom is 0.303 e. The average Bonchev–Trinajstić information content (AvgIpc) is 3.40. The van der Waals surface area contributed by atoms with E-state index in [4.69, 9.17) is 19.3 Å². The monoisotopic (exact) mass is 438 g/mol. The highest BCUT2D eigenvalue weighted by Gasteiger charge is 2.48. The Kier molecular flexibility index (Phi) is 8.18. The molecule has 0 aromatic heterocycles. The molecule has 0 radical (unpaired) electrons. The first-order chi connectivity index (χ1) is 15.7. The zero-order chi connectivity index (χ0) is 22.2. The summed E-state index contributed by atoms with van der Waals surface area (Å²) < 4.78 is 18.2. The van der Waals surface area contributed by atoms with Gasteiger partial charge in [0.15, 0.2) is 0 Å². The molecule has 1 N–H and O–H groups in total. The lowest BCUT2D eigenvalue weighted by Gasteiger charge is -2.28. The van der Waals surface area contributed by atoms with Gasteiger partial charge in [-0.25, -0.2) is 0 Å². The van der Waals surface area contributed by atoms with Gasteiger partial charge in [-0.3, -0.25) is 4.79 Å². The van der Waals surface area contributed by atoms with E-state index in [1.54, 1.807) is 0 Å². The van der Waals surface area contributed by atoms with E-state index in [0.29, 0.717) is 43.7 Å². The summed E-state index contributed by atoms with van der Waals surface area (Å²) >= 11 is 0. The van der Waals surface area contributed by atoms with Gasteiger partial charge in [0.1, 0.15) is 5.75 Å². The van der Waals surface area contributed by atoms with Gasteiger partial charge in [-0.15, -0.1) is 0 Å². The fourth-order valence-corrected chi connectivity index (χ4v) is 5.08. The SMILES string of the molecule is O=C(O)CCCCOc1cccc(CC[C@@H]2[C@H](COCc3ccccc3)[C@@H]3CC[C@H]2O3)c1. The Labute approximate surface area is 190 Å². The van der Waals surface area contributed by atoms with Crippen molar-refractivity contribution in [2.75, 3.05) is 13.2 Å². The van der Waals surface area contributed by atoms with Gasteiger partial charge in [0, 0.05) is 12.3 Å². The van der Waals surface area contributed by atoms with Crippen molar-refractivity contribution in [3.8, 4) is 5.75 Å². The fraction of sp³-hybridized carbons (Fsp3) is 0.519. The molecule has 0 amide bonds. The highest BCUT2D eigenvalue weighted by atomic mass is 16.5. The molecule has 32 heavy (non-hydrogen) atoms. The minimum Gasteiger partial charge on any atom is -0.494 e. The van der Waals surface area contributed by atoms with Crippen LogP contribution in [-0.2, 0) is 27.3 Å². The standard InChI is InChI=1S/C27H34O5/c28-27(29)11-4-5-16-31-22-10-6-9-20(17-22)12-13-23-24(26-15-14-25(23)32-26)19-30-18-21-7-2-1-3-8-21/h1-3,6-10,17,23-26H,4-5,11-16,18-19H2,(H,28,29)/t23-,24+,25-,26+/m1/s1. The molecule has 5 nitrogen and oxygen atoms in total. The minimum absolute atomic E-state index is 0.200. The van der Waals surface area contributed by atoms with Crippen molar-refractivity contribution >= 4 is 5.97 Å². The van der Waals surface area contributed by atoms with Gasteiger partial charge in [-0.05, 0) is 67.7 Å². The van der Waals surface area contributed by atoms with E-state index in [9.17, 15) is 4.79 Å². The molecule has 4 rings (SSSR count). The molecule has 2 aromatic carbocycles. The largest absolute Gasteiger partial charge is 0.494 e. The zero-order valence-corrected chi connectivity index (χ0v) is 18.7. The summed E-state index contributed by atoms with van der Waals surface area (Å²) in [5.41, 5.74) is 2.49. The van der Waals surface area contributed by atoms with Crippen LogP contribution < -0.4 is 4.74 Å². The van der Waals surface area contributed by atoms with E-state index in [1.165, 1.54) is 17.5 Å². The van der Waals surface area contributed by atoms with E-state index in [-0.39, 0.29) is 6.42 Å². The van der Waals surface area contributed by atoms with Crippen molar-refractivity contribution in [2.45, 2.75) is 63.8 Å². The number of carboxylic acid groups (broad SMARTS) is 1. The van der Waals surface area contributed by atoms with Crippen molar-refractivity contribution < 1.29 is 24.1 Å². The van der Waals surface area contributed by atoms with Crippen LogP contribution in [0.15, 0.2) is 54.6 Å². The molecule has 2 aromatic rings. The lowest BCUT2D eigenvalue weighted by molar-refractivity contribution is -0.137. The van der Waals surface area contributed by atoms with Crippen LogP contribution in [0.3, 0.4) is 0 Å². The average molecular weight is 439 g/mol. The Morgan fingerprint density at radius 3 is 2.56 bits per heavy atom. The third-order valence-electron chi connectivity index (χ3n) is 6.73. The summed E-state index contributed by atoms with van der Waals surface area (Å²) in [6, 6.07) is 18.6. The van der Waals surface area contributed by atoms with Gasteiger partial charge in [-0.2, -0.15) is 0 Å². The van der Waals surface area contributed by atoms with Crippen LogP contribution >= 0.6 is 0 Å². The third-order valence-corrected chi connectivity index (χ3v) is 6.73. The molecule has 0 unspecified atom stereocenters. The predicted octanol–water partition coefficient (Wildman–Crippen LogP) is 5.26. The van der Waals surface area contributed by atoms with Crippen LogP contribution in [0.1, 0.15) is 49.7 Å². The molecule has 172 valence electrons. The number of hydrogen-bond acceptors (Lipinski definition) is 4. The molecule has 0 spiro atoms. The quantitative estimate of drug-likeness (QED) is 0.432. The number of benzene rings is 2. The van der Waals surface area contributed by atoms with Gasteiger partial charge < -0.3 is 19.3 Å². The van der Waals surface area contributed by atoms with Crippen molar-refractivity contribution in [1.29, 1.82) is 0 Å². The molecule has 2 saturated heterocycles. The fourth-order valence-electron chi connectivity index (χ4n) is 5.08. The smallest absolute Gasteiger partial charge is 0.303 e. The Morgan fingerprint density at radius 2 is 1.75 bits per heavy atom. The molecule has 2 aliphatic heterocycles. The topological polar surface area (TPSA) is 65.0 Å². The second-order valence-electron chi connectivity index (χ2n) is 9.00. The van der Waals surface area contributed by atoms with Crippen LogP contribution in [0.4, 0.5) is 0 Å². The number of fused-ring (bicyclic) bond motifs is 2. The molecule has 2 heterocycles. The molecule has 5 heteroatoms. The first-order valence-electron chi connectivity index (χ1n) is 11.9. The van der Waals surface area contributed by atoms with E-state index >= 15 is 0 Å². The molecule has 2 bridgehead atoms. The van der Waals surface area contributed by atoms with Gasteiger partial charge in [-0.1, -0.05) is 42.5 Å². The molecule has 4 atom stereocenters. The van der Waals surface area contributed by atoms with Crippen molar-refractivity contribution in [3.05, 3.63) is 65.7 Å². The molecular weight excluding hydrogens is 404 g/mol. The second-order valence-corrected chi connectivity index (χ2v) is 9.00. The van der Waals surface area contributed by atoms with Gasteiger partial charge in [0.25, 0.3) is 0 Å². The number of aryl methyl sites for hydroxylation is 1. The van der Waals surface area contributed by atoms with E-state index in [0.717, 1.165) is 38.0 Å². The molecule has 0 aliphatic carbocycles. The summed E-state index contributed by atoms with van der Waals surface area (Å²) in [7, 11) is 0. The summed E-state index contributed by atoms with van der Waals surface area (Å²) in [6.07, 6.45) is 6.75. The molecule has 2 fully saturated rings. The summed E-state index contributed by atoms with van der Waals surface area (Å²) in [5.74, 6) is 1.14. The van der Waals surface area contributed by atoms with E-state index in [2.05, 4.69) is 36.4 Å². The molecule has 2 aliphatic rings. The lowest BCUT2D eigenvalue weighted by Crippen LogP contribution is -2.31. The number of carboxylic acids is 1. The van der Waals surface area contributed by atoms with Crippen LogP contribution in [0.25, 0.3) is 0 Å². The van der Waals surface area contributed by atoms with Crippen LogP contribution in [0.5, 0.6) is 5.75 Å². The van der Waals surface area contributed by atoms with Crippen molar-refractivity contribution in [3.63, 3.8) is 0 Å². The molecule has 0 saturated carbocycles. The van der Waals surface area contributed by atoms with Gasteiger partial charge >= 0.3 is 5.97 Å². The third kappa shape index (κ3) is 6.33. The van der Waals surface area contributed by atoms with Gasteiger partial charge in [0.05, 0.1) is 32.0 Å². The Bertz CT molecular complexity index is 852. The Hall–Kier alpha value is -2.37.